The first-order valence-corrected chi connectivity index (χ1v) is 4.59. The fourth-order valence-electron chi connectivity index (χ4n) is 0.774. The van der Waals surface area contributed by atoms with Gasteiger partial charge in [-0.2, -0.15) is 5.48 Å². The van der Waals surface area contributed by atoms with Gasteiger partial charge in [0.25, 0.3) is 0 Å². The molecule has 0 aliphatic carbocycles. The molecule has 0 bridgehead atoms. The third-order valence-corrected chi connectivity index (χ3v) is 2.21. The zero-order valence-electron chi connectivity index (χ0n) is 7.19. The molecule has 0 aliphatic heterocycles. The van der Waals surface area contributed by atoms with Crippen molar-refractivity contribution >= 4 is 45.7 Å². The van der Waals surface area contributed by atoms with Gasteiger partial charge in [-0.15, -0.1) is 23.7 Å². The second-order valence-corrected chi connectivity index (χ2v) is 3.43. The van der Waals surface area contributed by atoms with Crippen LogP contribution in [0.15, 0.2) is 5.38 Å². The molecule has 0 aliphatic rings. The molecule has 1 aromatic heterocycles. The molecule has 1 heterocycles. The molecule has 0 aromatic carbocycles. The molecule has 0 saturated carbocycles. The Morgan fingerprint density at radius 3 is 2.86 bits per heavy atom. The number of rotatable bonds is 4. The van der Waals surface area contributed by atoms with E-state index in [-0.39, 0.29) is 12.4 Å². The summed E-state index contributed by atoms with van der Waals surface area (Å²) in [6.07, 6.45) is 0. The largest absolute Gasteiger partial charge is 0.375 e. The van der Waals surface area contributed by atoms with E-state index in [4.69, 9.17) is 17.3 Å². The predicted octanol–water partition coefficient (Wildman–Crippen LogP) is 1.10. The smallest absolute Gasteiger partial charge is 0.247 e. The minimum absolute atomic E-state index is 0. The highest BCUT2D eigenvalue weighted by atomic mass is 35.5. The summed E-state index contributed by atoms with van der Waals surface area (Å²) < 4.78 is 0. The summed E-state index contributed by atoms with van der Waals surface area (Å²) in [5, 5.41) is 1.44. The van der Waals surface area contributed by atoms with Crippen molar-refractivity contribution in [1.82, 2.24) is 10.5 Å². The second kappa shape index (κ2) is 6.15. The molecule has 0 spiro atoms. The molecule has 0 fully saturated rings. The molecule has 0 amide bonds. The summed E-state index contributed by atoms with van der Waals surface area (Å²) in [7, 11) is 1.39. The lowest BCUT2D eigenvalue weighted by Crippen LogP contribution is -2.25. The van der Waals surface area contributed by atoms with Gasteiger partial charge >= 0.3 is 0 Å². The van der Waals surface area contributed by atoms with Crippen LogP contribution < -0.4 is 11.2 Å². The van der Waals surface area contributed by atoms with Crippen LogP contribution in [-0.4, -0.2) is 17.3 Å². The highest BCUT2D eigenvalue weighted by molar-refractivity contribution is 7.13. The molecule has 1 atom stereocenters. The summed E-state index contributed by atoms with van der Waals surface area (Å²) >= 11 is 6.55. The monoisotopic (exact) mass is 257 g/mol. The van der Waals surface area contributed by atoms with E-state index in [1.807, 2.05) is 0 Å². The van der Waals surface area contributed by atoms with Crippen molar-refractivity contribution in [3.8, 4) is 0 Å². The molecular formula is C6H9Cl2N3O2S. The number of halogens is 2. The van der Waals surface area contributed by atoms with E-state index in [2.05, 4.69) is 15.3 Å². The molecule has 80 valence electrons. The van der Waals surface area contributed by atoms with Gasteiger partial charge in [-0.1, -0.05) is 0 Å². The summed E-state index contributed by atoms with van der Waals surface area (Å²) in [4.78, 5) is 19.4. The van der Waals surface area contributed by atoms with Crippen molar-refractivity contribution in [3.05, 3.63) is 11.1 Å². The quantitative estimate of drug-likeness (QED) is 0.624. The summed E-state index contributed by atoms with van der Waals surface area (Å²) in [6, 6.07) is -0.764. The van der Waals surface area contributed by atoms with Crippen molar-refractivity contribution in [2.75, 3.05) is 12.8 Å². The standard InChI is InChI=1S/C6H8ClN3O2S.ClH/c1-12-10-4(5(7)11)3-2-13-6(8)9-3;/h2,4,10H,1H3,(H2,8,9);1H. The normalized spacial score (nSPS) is 11.9. The van der Waals surface area contributed by atoms with Crippen molar-refractivity contribution in [2.24, 2.45) is 0 Å². The topological polar surface area (TPSA) is 77.2 Å². The Morgan fingerprint density at radius 1 is 1.86 bits per heavy atom. The molecule has 1 unspecified atom stereocenters. The minimum Gasteiger partial charge on any atom is -0.375 e. The molecule has 14 heavy (non-hydrogen) atoms. The van der Waals surface area contributed by atoms with Gasteiger partial charge in [0.05, 0.1) is 12.8 Å². The number of nitrogen functional groups attached to an aromatic ring is 1. The number of hydrogen-bond donors (Lipinski definition) is 2. The molecule has 8 heteroatoms. The van der Waals surface area contributed by atoms with Crippen LogP contribution in [0.1, 0.15) is 11.7 Å². The Bertz CT molecular complexity index is 307. The number of nitrogens with zero attached hydrogens (tertiary/aromatic N) is 1. The first kappa shape index (κ1) is 13.6. The zero-order valence-corrected chi connectivity index (χ0v) is 9.58. The van der Waals surface area contributed by atoms with Crippen molar-refractivity contribution in [3.63, 3.8) is 0 Å². The first-order valence-electron chi connectivity index (χ1n) is 3.34. The van der Waals surface area contributed by atoms with Gasteiger partial charge in [-0.05, 0) is 11.6 Å². The van der Waals surface area contributed by atoms with Crippen molar-refractivity contribution in [2.45, 2.75) is 6.04 Å². The zero-order chi connectivity index (χ0) is 9.84. The number of anilines is 1. The highest BCUT2D eigenvalue weighted by Gasteiger charge is 2.20. The van der Waals surface area contributed by atoms with Crippen LogP contribution in [0.25, 0.3) is 0 Å². The van der Waals surface area contributed by atoms with Gasteiger partial charge in [0.1, 0.15) is 6.04 Å². The Labute approximate surface area is 96.0 Å². The van der Waals surface area contributed by atoms with E-state index in [0.717, 1.165) is 0 Å². The maximum absolute atomic E-state index is 10.9. The lowest BCUT2D eigenvalue weighted by molar-refractivity contribution is -0.117. The average Bonchev–Trinajstić information content (AvgIpc) is 2.46. The van der Waals surface area contributed by atoms with E-state index in [1.165, 1.54) is 18.4 Å². The lowest BCUT2D eigenvalue weighted by Gasteiger charge is -2.08. The van der Waals surface area contributed by atoms with Crippen molar-refractivity contribution in [1.29, 1.82) is 0 Å². The number of carbonyl (C=O) groups is 1. The van der Waals surface area contributed by atoms with Crippen LogP contribution in [0.5, 0.6) is 0 Å². The van der Waals surface area contributed by atoms with Gasteiger partial charge in [-0.25, -0.2) is 4.98 Å². The van der Waals surface area contributed by atoms with Crippen LogP contribution in [-0.2, 0) is 9.63 Å². The SMILES string of the molecule is CONC(C(=O)Cl)c1csc(N)n1.Cl. The minimum atomic E-state index is -0.764. The Balaban J connectivity index is 0.00000169. The van der Waals surface area contributed by atoms with Crippen LogP contribution in [0, 0.1) is 0 Å². The third-order valence-electron chi connectivity index (χ3n) is 1.30. The number of carbonyl (C=O) groups excluding carboxylic acids is 1. The first-order chi connectivity index (χ1) is 6.15. The predicted molar refractivity (Wildman–Crippen MR) is 57.5 cm³/mol. The fraction of sp³-hybridized carbons (Fsp3) is 0.333. The molecule has 0 radical (unpaired) electrons. The third kappa shape index (κ3) is 3.39. The van der Waals surface area contributed by atoms with E-state index >= 15 is 0 Å². The summed E-state index contributed by atoms with van der Waals surface area (Å²) in [5.74, 6) is 0. The Morgan fingerprint density at radius 2 is 2.50 bits per heavy atom. The fourth-order valence-corrected chi connectivity index (χ4v) is 1.52. The van der Waals surface area contributed by atoms with Crippen LogP contribution in [0.2, 0.25) is 0 Å². The van der Waals surface area contributed by atoms with Gasteiger partial charge in [0.2, 0.25) is 5.24 Å². The molecular weight excluding hydrogens is 249 g/mol. The van der Waals surface area contributed by atoms with E-state index < -0.39 is 11.3 Å². The number of nitrogens with two attached hydrogens (primary N) is 1. The van der Waals surface area contributed by atoms with E-state index in [1.54, 1.807) is 5.38 Å². The molecule has 0 saturated heterocycles. The number of aromatic nitrogens is 1. The van der Waals surface area contributed by atoms with Crippen molar-refractivity contribution < 1.29 is 9.63 Å². The van der Waals surface area contributed by atoms with E-state index in [9.17, 15) is 4.79 Å². The number of hydrogen-bond acceptors (Lipinski definition) is 6. The molecule has 3 N–H and O–H groups in total. The highest BCUT2D eigenvalue weighted by Crippen LogP contribution is 2.19. The molecule has 1 rings (SSSR count). The van der Waals surface area contributed by atoms with Gasteiger partial charge in [0.15, 0.2) is 5.13 Å². The van der Waals surface area contributed by atoms with Gasteiger partial charge < -0.3 is 10.6 Å². The molecule has 5 nitrogen and oxygen atoms in total. The van der Waals surface area contributed by atoms with Crippen LogP contribution in [0.3, 0.4) is 0 Å². The maximum atomic E-state index is 10.9. The number of nitrogens with one attached hydrogen (secondary N) is 1. The second-order valence-electron chi connectivity index (χ2n) is 2.17. The maximum Gasteiger partial charge on any atom is 0.247 e. The summed E-state index contributed by atoms with van der Waals surface area (Å²) in [5.41, 5.74) is 8.28. The number of hydroxylamine groups is 1. The van der Waals surface area contributed by atoms with Gasteiger partial charge in [0, 0.05) is 5.38 Å². The van der Waals surface area contributed by atoms with E-state index in [0.29, 0.717) is 10.8 Å². The summed E-state index contributed by atoms with van der Waals surface area (Å²) in [6.45, 7) is 0. The van der Waals surface area contributed by atoms with Gasteiger partial charge in [-0.3, -0.25) is 4.79 Å². The molecule has 1 aromatic rings. The lowest BCUT2D eigenvalue weighted by atomic mass is 10.3. The Hall–Kier alpha value is -0.400. The average molecular weight is 258 g/mol. The van der Waals surface area contributed by atoms with Crippen LogP contribution >= 0.6 is 35.3 Å². The Kier molecular flexibility index (Phi) is 5.98. The van der Waals surface area contributed by atoms with Crippen LogP contribution in [0.4, 0.5) is 5.13 Å². The number of thiazole rings is 1.